The van der Waals surface area contributed by atoms with Crippen molar-refractivity contribution in [2.75, 3.05) is 6.26 Å². The van der Waals surface area contributed by atoms with Crippen molar-refractivity contribution >= 4 is 39.5 Å². The Balaban J connectivity index is 2.95. The zero-order valence-corrected chi connectivity index (χ0v) is 10.7. The third-order valence-electron chi connectivity index (χ3n) is 1.73. The lowest BCUT2D eigenvalue weighted by atomic mass is 10.2. The minimum absolute atomic E-state index is 0.725. The topological polar surface area (TPSA) is 36.1 Å². The Morgan fingerprint density at radius 1 is 1.53 bits per heavy atom. The van der Waals surface area contributed by atoms with Crippen molar-refractivity contribution in [2.45, 2.75) is 11.8 Å². The quantitative estimate of drug-likeness (QED) is 0.330. The van der Waals surface area contributed by atoms with Gasteiger partial charge in [-0.15, -0.1) is 11.8 Å². The summed E-state index contributed by atoms with van der Waals surface area (Å²) in [5.74, 6) is 0. The Labute approximate surface area is 103 Å². The number of nitriles is 1. The highest BCUT2D eigenvalue weighted by Crippen LogP contribution is 2.31. The predicted molar refractivity (Wildman–Crippen MR) is 68.6 cm³/mol. The molecule has 0 saturated carbocycles. The van der Waals surface area contributed by atoms with Gasteiger partial charge in [-0.3, -0.25) is 0 Å². The molecule has 0 N–H and O–H groups in total. The maximum absolute atomic E-state index is 8.48. The van der Waals surface area contributed by atoms with Gasteiger partial charge in [0.1, 0.15) is 4.38 Å². The molecule has 1 aromatic rings. The monoisotopic (exact) mass is 256 g/mol. The van der Waals surface area contributed by atoms with E-state index in [4.69, 9.17) is 16.9 Å². The second-order valence-corrected chi connectivity index (χ2v) is 5.14. The summed E-state index contributed by atoms with van der Waals surface area (Å²) in [5.41, 5.74) is 1.02. The SMILES string of the molecule is CSC(=NC#N)Sc1cccc(Cl)c1C. The van der Waals surface area contributed by atoms with Crippen molar-refractivity contribution in [2.24, 2.45) is 4.99 Å². The Morgan fingerprint density at radius 2 is 2.27 bits per heavy atom. The lowest BCUT2D eigenvalue weighted by molar-refractivity contribution is 1.31. The van der Waals surface area contributed by atoms with Crippen LogP contribution in [0.1, 0.15) is 5.56 Å². The molecule has 0 bridgehead atoms. The lowest BCUT2D eigenvalue weighted by Crippen LogP contribution is -1.87. The number of benzene rings is 1. The van der Waals surface area contributed by atoms with Gasteiger partial charge in [-0.05, 0) is 30.9 Å². The van der Waals surface area contributed by atoms with E-state index < -0.39 is 0 Å². The Morgan fingerprint density at radius 3 is 2.87 bits per heavy atom. The normalized spacial score (nSPS) is 11.2. The molecule has 0 unspecified atom stereocenters. The Bertz CT molecular complexity index is 424. The first-order valence-electron chi connectivity index (χ1n) is 4.12. The third-order valence-corrected chi connectivity index (χ3v) is 4.26. The van der Waals surface area contributed by atoms with E-state index in [1.165, 1.54) is 23.5 Å². The van der Waals surface area contributed by atoms with Gasteiger partial charge in [0.15, 0.2) is 0 Å². The van der Waals surface area contributed by atoms with Gasteiger partial charge >= 0.3 is 0 Å². The van der Waals surface area contributed by atoms with Gasteiger partial charge in [0.2, 0.25) is 6.19 Å². The molecule has 0 aliphatic carbocycles. The van der Waals surface area contributed by atoms with Crippen molar-refractivity contribution < 1.29 is 0 Å². The average molecular weight is 257 g/mol. The van der Waals surface area contributed by atoms with Crippen LogP contribution in [0.4, 0.5) is 0 Å². The molecule has 1 rings (SSSR count). The van der Waals surface area contributed by atoms with E-state index in [-0.39, 0.29) is 0 Å². The molecule has 0 saturated heterocycles. The molecule has 78 valence electrons. The highest BCUT2D eigenvalue weighted by molar-refractivity contribution is 8.38. The first-order chi connectivity index (χ1) is 7.19. The van der Waals surface area contributed by atoms with Gasteiger partial charge in [0, 0.05) is 9.92 Å². The van der Waals surface area contributed by atoms with Gasteiger partial charge in [0.05, 0.1) is 0 Å². The molecule has 1 aromatic carbocycles. The largest absolute Gasteiger partial charge is 0.207 e. The summed E-state index contributed by atoms with van der Waals surface area (Å²) in [6.07, 6.45) is 3.68. The van der Waals surface area contributed by atoms with E-state index in [1.807, 2.05) is 31.4 Å². The van der Waals surface area contributed by atoms with E-state index in [0.717, 1.165) is 19.9 Å². The Kier molecular flexibility index (Phi) is 5.03. The number of hydrogen-bond donors (Lipinski definition) is 0. The highest BCUT2D eigenvalue weighted by atomic mass is 35.5. The molecular weight excluding hydrogens is 248 g/mol. The smallest absolute Gasteiger partial charge is 0.170 e. The summed E-state index contributed by atoms with van der Waals surface area (Å²) >= 11 is 8.90. The molecule has 0 aliphatic heterocycles. The summed E-state index contributed by atoms with van der Waals surface area (Å²) in [6.45, 7) is 1.95. The van der Waals surface area contributed by atoms with E-state index in [2.05, 4.69) is 4.99 Å². The number of hydrogen-bond acceptors (Lipinski definition) is 4. The molecule has 0 heterocycles. The van der Waals surface area contributed by atoms with Crippen LogP contribution in [0.2, 0.25) is 5.02 Å². The second kappa shape index (κ2) is 6.06. The molecule has 0 aromatic heterocycles. The molecule has 0 aliphatic rings. The first-order valence-corrected chi connectivity index (χ1v) is 6.54. The summed E-state index contributed by atoms with van der Waals surface area (Å²) in [7, 11) is 0. The van der Waals surface area contributed by atoms with Crippen molar-refractivity contribution in [1.29, 1.82) is 5.26 Å². The van der Waals surface area contributed by atoms with Crippen molar-refractivity contribution in [3.63, 3.8) is 0 Å². The average Bonchev–Trinajstić information content (AvgIpc) is 2.24. The Hall–Kier alpha value is -0.630. The fourth-order valence-corrected chi connectivity index (χ4v) is 2.59. The zero-order valence-electron chi connectivity index (χ0n) is 8.32. The lowest BCUT2D eigenvalue weighted by Gasteiger charge is -2.06. The maximum atomic E-state index is 8.48. The number of rotatable bonds is 1. The van der Waals surface area contributed by atoms with E-state index in [1.54, 1.807) is 6.19 Å². The molecule has 5 heteroatoms. The molecule has 0 radical (unpaired) electrons. The van der Waals surface area contributed by atoms with Gasteiger partial charge in [-0.25, -0.2) is 0 Å². The maximum Gasteiger partial charge on any atom is 0.207 e. The van der Waals surface area contributed by atoms with Crippen LogP contribution >= 0.6 is 35.1 Å². The first kappa shape index (κ1) is 12.4. The highest BCUT2D eigenvalue weighted by Gasteiger charge is 2.06. The van der Waals surface area contributed by atoms with Crippen LogP contribution in [0, 0.1) is 18.4 Å². The minimum Gasteiger partial charge on any atom is -0.170 e. The zero-order chi connectivity index (χ0) is 11.3. The van der Waals surface area contributed by atoms with Crippen LogP contribution in [0.5, 0.6) is 0 Å². The van der Waals surface area contributed by atoms with E-state index in [0.29, 0.717) is 0 Å². The molecule has 0 fully saturated rings. The number of nitrogens with zero attached hydrogens (tertiary/aromatic N) is 2. The summed E-state index contributed by atoms with van der Waals surface area (Å²) < 4.78 is 0.725. The van der Waals surface area contributed by atoms with Crippen LogP contribution in [0.15, 0.2) is 28.1 Å². The van der Waals surface area contributed by atoms with Crippen LogP contribution in [-0.4, -0.2) is 10.6 Å². The van der Waals surface area contributed by atoms with Gasteiger partial charge in [-0.2, -0.15) is 10.3 Å². The minimum atomic E-state index is 0.725. The molecular formula is C10H9ClN2S2. The van der Waals surface area contributed by atoms with Crippen LogP contribution < -0.4 is 0 Å². The molecule has 15 heavy (non-hydrogen) atoms. The van der Waals surface area contributed by atoms with Crippen molar-refractivity contribution in [3.8, 4) is 6.19 Å². The second-order valence-electron chi connectivity index (χ2n) is 2.65. The number of halogens is 1. The predicted octanol–water partition coefficient (Wildman–Crippen LogP) is 3.94. The van der Waals surface area contributed by atoms with E-state index in [9.17, 15) is 0 Å². The van der Waals surface area contributed by atoms with Crippen LogP contribution in [0.25, 0.3) is 0 Å². The summed E-state index contributed by atoms with van der Waals surface area (Å²) in [5, 5.41) is 9.21. The van der Waals surface area contributed by atoms with Crippen LogP contribution in [0.3, 0.4) is 0 Å². The molecule has 2 nitrogen and oxygen atoms in total. The van der Waals surface area contributed by atoms with Crippen molar-refractivity contribution in [1.82, 2.24) is 0 Å². The van der Waals surface area contributed by atoms with Gasteiger partial charge in [0.25, 0.3) is 0 Å². The summed E-state index contributed by atoms with van der Waals surface area (Å²) in [6, 6.07) is 5.71. The fraction of sp³-hybridized carbons (Fsp3) is 0.200. The van der Waals surface area contributed by atoms with Gasteiger partial charge < -0.3 is 0 Å². The van der Waals surface area contributed by atoms with Crippen LogP contribution in [-0.2, 0) is 0 Å². The fourth-order valence-electron chi connectivity index (χ4n) is 0.943. The molecule has 0 atom stereocenters. The summed E-state index contributed by atoms with van der Waals surface area (Å²) in [4.78, 5) is 4.75. The number of thioether (sulfide) groups is 2. The molecule has 0 spiro atoms. The van der Waals surface area contributed by atoms with Gasteiger partial charge in [-0.1, -0.05) is 29.4 Å². The number of aliphatic imine (C=N–C) groups is 1. The van der Waals surface area contributed by atoms with E-state index >= 15 is 0 Å². The standard InChI is InChI=1S/C10H9ClN2S2/c1-7-8(11)4-3-5-9(7)15-10(14-2)13-6-12/h3-5H,1-2H3. The third kappa shape index (κ3) is 3.45. The molecule has 0 amide bonds. The van der Waals surface area contributed by atoms with Crippen molar-refractivity contribution in [3.05, 3.63) is 28.8 Å².